The van der Waals surface area contributed by atoms with Gasteiger partial charge >= 0.3 is 11.9 Å². The van der Waals surface area contributed by atoms with Gasteiger partial charge in [-0.2, -0.15) is 0 Å². The van der Waals surface area contributed by atoms with E-state index < -0.39 is 11.9 Å². The van der Waals surface area contributed by atoms with Crippen LogP contribution in [0.4, 0.5) is 5.69 Å². The van der Waals surface area contributed by atoms with E-state index in [0.29, 0.717) is 42.4 Å². The van der Waals surface area contributed by atoms with Gasteiger partial charge < -0.3 is 23.8 Å². The Kier molecular flexibility index (Phi) is 12.4. The fourth-order valence-corrected chi connectivity index (χ4v) is 3.62. The third-order valence-corrected chi connectivity index (χ3v) is 6.11. The second-order valence-corrected chi connectivity index (χ2v) is 9.56. The SMILES string of the molecule is C=C(/C=C\C(=C/C)OC(=O)c1ccc(OCCCC)cc1)OC(=O)c1ccc(OCC[n+]2ccc(N(C)C)cc2)cc1. The first-order chi connectivity index (χ1) is 20.3. The van der Waals surface area contributed by atoms with E-state index in [4.69, 9.17) is 18.9 Å². The number of allylic oxidation sites excluding steroid dienone is 3. The number of benzene rings is 2. The number of hydrogen-bond donors (Lipinski definition) is 0. The van der Waals surface area contributed by atoms with Gasteiger partial charge in [0.15, 0.2) is 18.9 Å². The van der Waals surface area contributed by atoms with Crippen molar-refractivity contribution in [2.75, 3.05) is 32.2 Å². The number of esters is 2. The summed E-state index contributed by atoms with van der Waals surface area (Å²) >= 11 is 0. The molecule has 0 radical (unpaired) electrons. The lowest BCUT2D eigenvalue weighted by molar-refractivity contribution is -0.697. The summed E-state index contributed by atoms with van der Waals surface area (Å²) in [5, 5.41) is 0. The first kappa shape index (κ1) is 31.7. The maximum atomic E-state index is 12.6. The molecule has 0 aliphatic heterocycles. The van der Waals surface area contributed by atoms with Crippen molar-refractivity contribution in [3.8, 4) is 11.5 Å². The monoisotopic (exact) mass is 571 g/mol. The number of unbranched alkanes of at least 4 members (excludes halogenated alkanes) is 1. The Bertz CT molecular complexity index is 1380. The molecular formula is C34H39N2O6+. The molecule has 2 aromatic carbocycles. The van der Waals surface area contributed by atoms with Crippen LogP contribution in [0.3, 0.4) is 0 Å². The molecule has 3 aromatic rings. The van der Waals surface area contributed by atoms with Crippen molar-refractivity contribution < 1.29 is 33.1 Å². The number of hydrogen-bond acceptors (Lipinski definition) is 7. The summed E-state index contributed by atoms with van der Waals surface area (Å²) in [5.74, 6) is 0.656. The minimum Gasteiger partial charge on any atom is -0.494 e. The molecule has 0 atom stereocenters. The van der Waals surface area contributed by atoms with Crippen LogP contribution < -0.4 is 18.9 Å². The molecule has 0 spiro atoms. The Labute approximate surface area is 248 Å². The zero-order valence-electron chi connectivity index (χ0n) is 24.7. The van der Waals surface area contributed by atoms with Gasteiger partial charge in [-0.05, 0) is 80.1 Å². The summed E-state index contributed by atoms with van der Waals surface area (Å²) in [6.07, 6.45) is 10.6. The van der Waals surface area contributed by atoms with Crippen molar-refractivity contribution in [3.63, 3.8) is 0 Å². The van der Waals surface area contributed by atoms with Gasteiger partial charge in [0.05, 0.1) is 17.7 Å². The van der Waals surface area contributed by atoms with Gasteiger partial charge in [-0.15, -0.1) is 0 Å². The number of carbonyl (C=O) groups excluding carboxylic acids is 2. The van der Waals surface area contributed by atoms with E-state index in [1.165, 1.54) is 12.2 Å². The highest BCUT2D eigenvalue weighted by Gasteiger charge is 2.11. The molecule has 0 amide bonds. The number of carbonyl (C=O) groups is 2. The van der Waals surface area contributed by atoms with Gasteiger partial charge in [-0.3, -0.25) is 0 Å². The standard InChI is InChI=1S/C34H39N2O6/c1-6-8-24-39-31-15-12-28(13-16-31)34(38)42-30(7-2)14-9-26(3)41-33(37)27-10-17-32(18-11-27)40-25-23-36-21-19-29(20-22-36)35(4)5/h7,9-22H,3,6,8,23-25H2,1-2,4-5H3/q+1/b14-9-,30-7+. The van der Waals surface area contributed by atoms with Crippen molar-refractivity contribution in [2.24, 2.45) is 0 Å². The quantitative estimate of drug-likeness (QED) is 0.0698. The molecule has 0 aliphatic rings. The second-order valence-electron chi connectivity index (χ2n) is 9.56. The minimum atomic E-state index is -0.562. The van der Waals surface area contributed by atoms with Crippen LogP contribution in [-0.4, -0.2) is 39.2 Å². The molecule has 8 heteroatoms. The first-order valence-corrected chi connectivity index (χ1v) is 13.9. The molecule has 0 saturated carbocycles. The zero-order chi connectivity index (χ0) is 30.3. The molecular weight excluding hydrogens is 532 g/mol. The smallest absolute Gasteiger partial charge is 0.343 e. The maximum absolute atomic E-state index is 12.6. The van der Waals surface area contributed by atoms with Gasteiger partial charge in [-0.25, -0.2) is 14.2 Å². The average molecular weight is 572 g/mol. The van der Waals surface area contributed by atoms with Crippen LogP contribution in [0.15, 0.2) is 109 Å². The predicted octanol–water partition coefficient (Wildman–Crippen LogP) is 6.29. The number of pyridine rings is 1. The minimum absolute atomic E-state index is 0.0987. The van der Waals surface area contributed by atoms with Crippen molar-refractivity contribution in [1.82, 2.24) is 0 Å². The summed E-state index contributed by atoms with van der Waals surface area (Å²) in [6, 6.07) is 17.6. The summed E-state index contributed by atoms with van der Waals surface area (Å²) in [5.41, 5.74) is 1.87. The van der Waals surface area contributed by atoms with Crippen LogP contribution in [0.1, 0.15) is 47.4 Å². The third-order valence-electron chi connectivity index (χ3n) is 6.11. The summed E-state index contributed by atoms with van der Waals surface area (Å²) < 4.78 is 24.2. The maximum Gasteiger partial charge on any atom is 0.343 e. The molecule has 1 heterocycles. The number of nitrogens with zero attached hydrogens (tertiary/aromatic N) is 2. The number of ether oxygens (including phenoxy) is 4. The van der Waals surface area contributed by atoms with Gasteiger partial charge in [0.2, 0.25) is 0 Å². The lowest BCUT2D eigenvalue weighted by Crippen LogP contribution is -2.35. The molecule has 0 fully saturated rings. The fourth-order valence-electron chi connectivity index (χ4n) is 3.62. The molecule has 0 unspecified atom stereocenters. The zero-order valence-corrected chi connectivity index (χ0v) is 24.7. The van der Waals surface area contributed by atoms with Crippen LogP contribution in [0, 0.1) is 0 Å². The average Bonchev–Trinajstić information content (AvgIpc) is 3.00. The molecule has 0 saturated heterocycles. The van der Waals surface area contributed by atoms with Gasteiger partial charge in [-0.1, -0.05) is 19.9 Å². The van der Waals surface area contributed by atoms with Crippen LogP contribution in [0.5, 0.6) is 11.5 Å². The van der Waals surface area contributed by atoms with E-state index in [0.717, 1.165) is 18.5 Å². The van der Waals surface area contributed by atoms with E-state index in [1.54, 1.807) is 61.5 Å². The summed E-state index contributed by atoms with van der Waals surface area (Å²) in [4.78, 5) is 27.1. The number of rotatable bonds is 15. The van der Waals surface area contributed by atoms with Crippen molar-refractivity contribution in [1.29, 1.82) is 0 Å². The fraction of sp³-hybridized carbons (Fsp3) is 0.265. The second kappa shape index (κ2) is 16.4. The van der Waals surface area contributed by atoms with Crippen molar-refractivity contribution in [3.05, 3.63) is 121 Å². The highest BCUT2D eigenvalue weighted by Crippen LogP contribution is 2.17. The molecule has 8 nitrogen and oxygen atoms in total. The largest absolute Gasteiger partial charge is 0.494 e. The molecule has 1 aromatic heterocycles. The highest BCUT2D eigenvalue weighted by atomic mass is 16.5. The third kappa shape index (κ3) is 10.3. The molecule has 0 N–H and O–H groups in total. The lowest BCUT2D eigenvalue weighted by Gasteiger charge is -2.10. The molecule has 42 heavy (non-hydrogen) atoms. The Balaban J connectivity index is 1.44. The predicted molar refractivity (Wildman–Crippen MR) is 163 cm³/mol. The molecule has 0 bridgehead atoms. The molecule has 3 rings (SSSR count). The van der Waals surface area contributed by atoms with E-state index in [1.807, 2.05) is 48.1 Å². The van der Waals surface area contributed by atoms with Crippen LogP contribution in [0.25, 0.3) is 0 Å². The first-order valence-electron chi connectivity index (χ1n) is 13.9. The number of anilines is 1. The van der Waals surface area contributed by atoms with Crippen molar-refractivity contribution in [2.45, 2.75) is 33.2 Å². The van der Waals surface area contributed by atoms with Crippen LogP contribution in [0.2, 0.25) is 0 Å². The Morgan fingerprint density at radius 2 is 1.36 bits per heavy atom. The Morgan fingerprint density at radius 3 is 1.88 bits per heavy atom. The highest BCUT2D eigenvalue weighted by molar-refractivity contribution is 5.91. The topological polar surface area (TPSA) is 78.2 Å². The summed E-state index contributed by atoms with van der Waals surface area (Å²) in [6.45, 7) is 9.39. The normalized spacial score (nSPS) is 11.2. The van der Waals surface area contributed by atoms with Crippen molar-refractivity contribution >= 4 is 17.6 Å². The molecule has 0 aliphatic carbocycles. The van der Waals surface area contributed by atoms with Gasteiger partial charge in [0.25, 0.3) is 0 Å². The number of aromatic nitrogens is 1. The van der Waals surface area contributed by atoms with E-state index in [9.17, 15) is 9.59 Å². The summed E-state index contributed by atoms with van der Waals surface area (Å²) in [7, 11) is 4.00. The van der Waals surface area contributed by atoms with E-state index >= 15 is 0 Å². The Morgan fingerprint density at radius 1 is 0.810 bits per heavy atom. The van der Waals surface area contributed by atoms with Gasteiger partial charge in [0.1, 0.15) is 29.6 Å². The molecule has 220 valence electrons. The Hall–Kier alpha value is -4.85. The van der Waals surface area contributed by atoms with Crippen LogP contribution in [-0.2, 0) is 16.0 Å². The van der Waals surface area contributed by atoms with Gasteiger partial charge in [0, 0.05) is 31.9 Å². The van der Waals surface area contributed by atoms with E-state index in [-0.39, 0.29) is 11.5 Å². The lowest BCUT2D eigenvalue weighted by atomic mass is 10.2. The van der Waals surface area contributed by atoms with E-state index in [2.05, 4.69) is 13.5 Å². The van der Waals surface area contributed by atoms with Crippen LogP contribution >= 0.6 is 0 Å².